The Morgan fingerprint density at radius 2 is 2.04 bits per heavy atom. The number of aromatic nitrogens is 1. The van der Waals surface area contributed by atoms with Gasteiger partial charge in [-0.25, -0.2) is 4.98 Å². The van der Waals surface area contributed by atoms with Crippen molar-refractivity contribution in [2.75, 3.05) is 37.8 Å². The van der Waals surface area contributed by atoms with E-state index < -0.39 is 0 Å². The van der Waals surface area contributed by atoms with Crippen LogP contribution >= 0.6 is 0 Å². The monoisotopic (exact) mass is 337 g/mol. The highest BCUT2D eigenvalue weighted by molar-refractivity contribution is 5.41. The van der Waals surface area contributed by atoms with Crippen LogP contribution in [0.4, 0.5) is 5.82 Å². The molecule has 0 atom stereocenters. The van der Waals surface area contributed by atoms with Gasteiger partial charge in [0.15, 0.2) is 0 Å². The lowest BCUT2D eigenvalue weighted by molar-refractivity contribution is 0.122. The Balaban J connectivity index is 1.56. The van der Waals surface area contributed by atoms with Crippen molar-refractivity contribution in [3.8, 4) is 18.1 Å². The molecular weight excluding hydrogens is 314 g/mol. The molecule has 0 amide bonds. The molecule has 1 aromatic carbocycles. The lowest BCUT2D eigenvalue weighted by Gasteiger charge is -2.28. The molecule has 3 rings (SSSR count). The second-order valence-corrected chi connectivity index (χ2v) is 5.83. The zero-order valence-electron chi connectivity index (χ0n) is 14.3. The maximum atomic E-state index is 5.58. The van der Waals surface area contributed by atoms with E-state index in [9.17, 15) is 0 Å². The van der Waals surface area contributed by atoms with Gasteiger partial charge in [-0.2, -0.15) is 0 Å². The summed E-state index contributed by atoms with van der Waals surface area (Å²) in [6, 6.07) is 12.1. The fraction of sp³-hybridized carbons (Fsp3) is 0.350. The number of para-hydroxylation sites is 1. The summed E-state index contributed by atoms with van der Waals surface area (Å²) in [4.78, 5) is 6.74. The molecule has 1 aromatic heterocycles. The van der Waals surface area contributed by atoms with E-state index in [4.69, 9.17) is 15.9 Å². The third-order valence-electron chi connectivity index (χ3n) is 4.07. The van der Waals surface area contributed by atoms with E-state index >= 15 is 0 Å². The zero-order valence-corrected chi connectivity index (χ0v) is 14.3. The van der Waals surface area contributed by atoms with Gasteiger partial charge in [0.25, 0.3) is 0 Å². The smallest absolute Gasteiger partial charge is 0.148 e. The third-order valence-corrected chi connectivity index (χ3v) is 4.07. The van der Waals surface area contributed by atoms with Crippen molar-refractivity contribution in [2.45, 2.75) is 13.1 Å². The Kier molecular flexibility index (Phi) is 6.27. The van der Waals surface area contributed by atoms with Crippen molar-refractivity contribution in [3.63, 3.8) is 0 Å². The molecular formula is C20H23N3O2. The Morgan fingerprint density at radius 3 is 2.88 bits per heavy atom. The summed E-state index contributed by atoms with van der Waals surface area (Å²) in [5.74, 6) is 4.34. The van der Waals surface area contributed by atoms with Crippen molar-refractivity contribution in [1.29, 1.82) is 0 Å². The molecule has 0 bridgehead atoms. The number of anilines is 1. The highest BCUT2D eigenvalue weighted by atomic mass is 16.5. The fourth-order valence-corrected chi connectivity index (χ4v) is 2.79. The molecule has 1 aliphatic heterocycles. The second kappa shape index (κ2) is 9.07. The Morgan fingerprint density at radius 1 is 1.20 bits per heavy atom. The lowest BCUT2D eigenvalue weighted by Crippen LogP contribution is -2.36. The first-order chi connectivity index (χ1) is 12.4. The first kappa shape index (κ1) is 17.3. The number of morpholine rings is 1. The van der Waals surface area contributed by atoms with E-state index in [2.05, 4.69) is 27.2 Å². The highest BCUT2D eigenvalue weighted by Gasteiger charge is 2.12. The Labute approximate surface area is 149 Å². The molecule has 1 fully saturated rings. The lowest BCUT2D eigenvalue weighted by atomic mass is 10.2. The van der Waals surface area contributed by atoms with Crippen molar-refractivity contribution >= 4 is 5.82 Å². The topological polar surface area (TPSA) is 46.6 Å². The van der Waals surface area contributed by atoms with E-state index in [1.165, 1.54) is 5.56 Å². The van der Waals surface area contributed by atoms with Crippen LogP contribution in [0.2, 0.25) is 0 Å². The van der Waals surface area contributed by atoms with Gasteiger partial charge in [0.2, 0.25) is 0 Å². The van der Waals surface area contributed by atoms with Crippen LogP contribution in [0.3, 0.4) is 0 Å². The van der Waals surface area contributed by atoms with Crippen molar-refractivity contribution in [3.05, 3.63) is 53.7 Å². The average molecular weight is 337 g/mol. The van der Waals surface area contributed by atoms with Gasteiger partial charge in [0, 0.05) is 37.9 Å². The Bertz CT molecular complexity index is 721. The molecule has 5 nitrogen and oxygen atoms in total. The van der Waals surface area contributed by atoms with Gasteiger partial charge >= 0.3 is 0 Å². The second-order valence-electron chi connectivity index (χ2n) is 5.83. The third kappa shape index (κ3) is 4.96. The number of rotatable bonds is 7. The van der Waals surface area contributed by atoms with Crippen LogP contribution in [0.25, 0.3) is 0 Å². The highest BCUT2D eigenvalue weighted by Crippen LogP contribution is 2.18. The molecule has 2 aromatic rings. The number of nitrogens with one attached hydrogen (secondary N) is 1. The van der Waals surface area contributed by atoms with Crippen LogP contribution in [-0.2, 0) is 17.8 Å². The van der Waals surface area contributed by atoms with Crippen LogP contribution in [0, 0.1) is 12.3 Å². The molecule has 0 radical (unpaired) electrons. The average Bonchev–Trinajstić information content (AvgIpc) is 2.68. The molecule has 2 heterocycles. The number of terminal acetylenes is 1. The molecule has 0 spiro atoms. The van der Waals surface area contributed by atoms with Gasteiger partial charge in [-0.15, -0.1) is 6.42 Å². The maximum absolute atomic E-state index is 5.58. The van der Waals surface area contributed by atoms with E-state index in [1.807, 2.05) is 36.5 Å². The van der Waals surface area contributed by atoms with Crippen LogP contribution in [0.5, 0.6) is 5.75 Å². The molecule has 1 saturated heterocycles. The first-order valence-electron chi connectivity index (χ1n) is 8.49. The summed E-state index contributed by atoms with van der Waals surface area (Å²) in [6.07, 6.45) is 7.14. The van der Waals surface area contributed by atoms with Gasteiger partial charge in [0.1, 0.15) is 18.2 Å². The zero-order chi connectivity index (χ0) is 17.3. The normalized spacial score (nSPS) is 14.1. The van der Waals surface area contributed by atoms with Gasteiger partial charge in [-0.05, 0) is 23.8 Å². The van der Waals surface area contributed by atoms with E-state index in [1.54, 1.807) is 0 Å². The molecule has 5 heteroatoms. The number of hydrogen-bond acceptors (Lipinski definition) is 5. The van der Waals surface area contributed by atoms with Gasteiger partial charge in [0.05, 0.1) is 13.2 Å². The van der Waals surface area contributed by atoms with E-state index in [-0.39, 0.29) is 6.61 Å². The van der Waals surface area contributed by atoms with Crippen molar-refractivity contribution in [1.82, 2.24) is 10.3 Å². The van der Waals surface area contributed by atoms with Crippen LogP contribution < -0.4 is 15.0 Å². The van der Waals surface area contributed by atoms with Gasteiger partial charge in [-0.3, -0.25) is 0 Å². The largest absolute Gasteiger partial charge is 0.481 e. The predicted octanol–water partition coefficient (Wildman–Crippen LogP) is 2.22. The molecule has 25 heavy (non-hydrogen) atoms. The van der Waals surface area contributed by atoms with E-state index in [0.717, 1.165) is 56.5 Å². The molecule has 0 aliphatic carbocycles. The summed E-state index contributed by atoms with van der Waals surface area (Å²) in [7, 11) is 0. The van der Waals surface area contributed by atoms with E-state index in [0.29, 0.717) is 0 Å². The minimum atomic E-state index is 0.282. The summed E-state index contributed by atoms with van der Waals surface area (Å²) in [5, 5.41) is 3.46. The summed E-state index contributed by atoms with van der Waals surface area (Å²) >= 11 is 0. The predicted molar refractivity (Wildman–Crippen MR) is 98.6 cm³/mol. The standard InChI is InChI=1S/C20H23N3O2/c1-2-11-25-19-6-4-3-5-18(19)16-21-15-17-7-8-22-20(14-17)23-9-12-24-13-10-23/h1,3-8,14,21H,9-13,15-16H2. The minimum Gasteiger partial charge on any atom is -0.481 e. The number of pyridine rings is 1. The summed E-state index contributed by atoms with van der Waals surface area (Å²) in [5.41, 5.74) is 2.30. The van der Waals surface area contributed by atoms with Gasteiger partial charge in [-0.1, -0.05) is 24.1 Å². The summed E-state index contributed by atoms with van der Waals surface area (Å²) < 4.78 is 11.0. The van der Waals surface area contributed by atoms with Crippen molar-refractivity contribution < 1.29 is 9.47 Å². The fourth-order valence-electron chi connectivity index (χ4n) is 2.79. The number of hydrogen-bond donors (Lipinski definition) is 1. The number of nitrogens with zero attached hydrogens (tertiary/aromatic N) is 2. The number of benzene rings is 1. The van der Waals surface area contributed by atoms with Crippen LogP contribution in [-0.4, -0.2) is 37.9 Å². The minimum absolute atomic E-state index is 0.282. The molecule has 130 valence electrons. The molecule has 0 unspecified atom stereocenters. The maximum Gasteiger partial charge on any atom is 0.148 e. The quantitative estimate of drug-likeness (QED) is 0.785. The van der Waals surface area contributed by atoms with Crippen LogP contribution in [0.1, 0.15) is 11.1 Å². The first-order valence-corrected chi connectivity index (χ1v) is 8.49. The summed E-state index contributed by atoms with van der Waals surface area (Å²) in [6.45, 7) is 5.08. The SMILES string of the molecule is C#CCOc1ccccc1CNCc1ccnc(N2CCOCC2)c1. The molecule has 1 aliphatic rings. The molecule has 0 saturated carbocycles. The van der Waals surface area contributed by atoms with Crippen molar-refractivity contribution in [2.24, 2.45) is 0 Å². The van der Waals surface area contributed by atoms with Gasteiger partial charge < -0.3 is 19.7 Å². The Hall–Kier alpha value is -2.55. The molecule has 1 N–H and O–H groups in total. The number of ether oxygens (including phenoxy) is 2. The van der Waals surface area contributed by atoms with Crippen LogP contribution in [0.15, 0.2) is 42.6 Å².